The highest BCUT2D eigenvalue weighted by Gasteiger charge is 2.22. The predicted octanol–water partition coefficient (Wildman–Crippen LogP) is 1.19. The van der Waals surface area contributed by atoms with Crippen molar-refractivity contribution in [2.45, 2.75) is 11.5 Å². The zero-order chi connectivity index (χ0) is 12.5. The molecule has 0 radical (unpaired) electrons. The third-order valence-corrected chi connectivity index (χ3v) is 2.69. The van der Waals surface area contributed by atoms with Crippen molar-refractivity contribution in [1.82, 2.24) is 4.98 Å². The van der Waals surface area contributed by atoms with E-state index in [1.807, 2.05) is 0 Å². The smallest absolute Gasteiger partial charge is 0.223 e. The van der Waals surface area contributed by atoms with Crippen LogP contribution in [0.25, 0.3) is 0 Å². The Hall–Kier alpha value is -1.30. The Morgan fingerprint density at radius 2 is 2.12 bits per heavy atom. The molecule has 86 valence electrons. The van der Waals surface area contributed by atoms with Crippen LogP contribution in [0.1, 0.15) is 17.6 Å². The lowest BCUT2D eigenvalue weighted by Gasteiger charge is -2.06. The summed E-state index contributed by atoms with van der Waals surface area (Å²) in [6, 6.07) is 1.95. The number of nitrogens with two attached hydrogens (primary N) is 1. The topological polar surface area (TPSA) is 96.8 Å². The van der Waals surface area contributed by atoms with E-state index in [2.05, 4.69) is 4.98 Å². The van der Waals surface area contributed by atoms with Crippen molar-refractivity contribution >= 4 is 21.6 Å². The number of nitriles is 1. The molecule has 0 saturated heterocycles. The van der Waals surface area contributed by atoms with E-state index in [1.165, 1.54) is 6.07 Å². The monoisotopic (exact) mass is 267 g/mol. The predicted molar refractivity (Wildman–Crippen MR) is 50.3 cm³/mol. The van der Waals surface area contributed by atoms with E-state index in [9.17, 15) is 17.2 Å². The van der Waals surface area contributed by atoms with Gasteiger partial charge in [-0.05, 0) is 6.07 Å². The van der Waals surface area contributed by atoms with Crippen LogP contribution >= 0.6 is 11.6 Å². The molecule has 1 rings (SSSR count). The summed E-state index contributed by atoms with van der Waals surface area (Å²) in [4.78, 5) is 3.25. The van der Waals surface area contributed by atoms with Gasteiger partial charge >= 0.3 is 0 Å². The van der Waals surface area contributed by atoms with Crippen LogP contribution in [0.5, 0.6) is 0 Å². The standard InChI is InChI=1S/C7H4ClF2N3O2S/c8-6-4(2-11)3(7(9)10)1-5(13-6)16(12,14)15/h1,7H,(H2,12,14,15). The molecule has 0 saturated carbocycles. The lowest BCUT2D eigenvalue weighted by molar-refractivity contribution is 0.150. The van der Waals surface area contributed by atoms with Gasteiger partial charge in [-0.2, -0.15) is 5.26 Å². The highest BCUT2D eigenvalue weighted by Crippen LogP contribution is 2.28. The van der Waals surface area contributed by atoms with Gasteiger partial charge in [0.1, 0.15) is 11.2 Å². The largest absolute Gasteiger partial charge is 0.265 e. The number of nitrogens with zero attached hydrogens (tertiary/aromatic N) is 2. The average Bonchev–Trinajstić information content (AvgIpc) is 2.14. The maximum absolute atomic E-state index is 12.5. The van der Waals surface area contributed by atoms with Crippen LogP contribution in [0.2, 0.25) is 5.15 Å². The van der Waals surface area contributed by atoms with Crippen LogP contribution in [0.15, 0.2) is 11.1 Å². The summed E-state index contributed by atoms with van der Waals surface area (Å²) in [5.74, 6) is 0. The number of alkyl halides is 2. The highest BCUT2D eigenvalue weighted by atomic mass is 35.5. The van der Waals surface area contributed by atoms with Gasteiger partial charge in [0, 0.05) is 5.56 Å². The summed E-state index contributed by atoms with van der Waals surface area (Å²) in [5, 5.41) is 11.8. The number of sulfonamides is 1. The van der Waals surface area contributed by atoms with Crippen LogP contribution in [0.4, 0.5) is 8.78 Å². The highest BCUT2D eigenvalue weighted by molar-refractivity contribution is 7.89. The van der Waals surface area contributed by atoms with Crippen LogP contribution in [-0.4, -0.2) is 13.4 Å². The molecule has 0 atom stereocenters. The molecule has 9 heteroatoms. The van der Waals surface area contributed by atoms with E-state index in [4.69, 9.17) is 22.0 Å². The second-order valence-electron chi connectivity index (χ2n) is 2.67. The van der Waals surface area contributed by atoms with Crippen LogP contribution in [0, 0.1) is 11.3 Å². The minimum atomic E-state index is -4.24. The number of aromatic nitrogens is 1. The van der Waals surface area contributed by atoms with Crippen molar-refractivity contribution in [2.75, 3.05) is 0 Å². The quantitative estimate of drug-likeness (QED) is 0.814. The number of pyridine rings is 1. The van der Waals surface area contributed by atoms with E-state index in [1.54, 1.807) is 0 Å². The molecule has 0 fully saturated rings. The third kappa shape index (κ3) is 2.44. The molecule has 5 nitrogen and oxygen atoms in total. The van der Waals surface area contributed by atoms with Gasteiger partial charge < -0.3 is 0 Å². The first-order chi connectivity index (χ1) is 7.27. The fourth-order valence-corrected chi connectivity index (χ4v) is 1.74. The fraction of sp³-hybridized carbons (Fsp3) is 0.143. The molecule has 0 spiro atoms. The van der Waals surface area contributed by atoms with Crippen molar-refractivity contribution in [2.24, 2.45) is 5.14 Å². The molecule has 0 aromatic carbocycles. The Kier molecular flexibility index (Phi) is 3.42. The van der Waals surface area contributed by atoms with Crippen molar-refractivity contribution in [3.63, 3.8) is 0 Å². The van der Waals surface area contributed by atoms with Gasteiger partial charge in [-0.3, -0.25) is 0 Å². The zero-order valence-corrected chi connectivity index (χ0v) is 9.06. The van der Waals surface area contributed by atoms with Crippen molar-refractivity contribution < 1.29 is 17.2 Å². The molecule has 2 N–H and O–H groups in total. The summed E-state index contributed by atoms with van der Waals surface area (Å²) in [7, 11) is -4.24. The minimum Gasteiger partial charge on any atom is -0.223 e. The molecule has 1 heterocycles. The molecule has 0 amide bonds. The Labute approximate surface area is 94.5 Å². The molecule has 0 unspecified atom stereocenters. The Morgan fingerprint density at radius 1 is 1.56 bits per heavy atom. The van der Waals surface area contributed by atoms with Crippen molar-refractivity contribution in [3.8, 4) is 6.07 Å². The van der Waals surface area contributed by atoms with E-state index >= 15 is 0 Å². The van der Waals surface area contributed by atoms with Gasteiger partial charge in [-0.15, -0.1) is 0 Å². The molecule has 0 aliphatic heterocycles. The van der Waals surface area contributed by atoms with E-state index in [0.717, 1.165) is 0 Å². The molecule has 16 heavy (non-hydrogen) atoms. The van der Waals surface area contributed by atoms with Gasteiger partial charge in [0.15, 0.2) is 5.03 Å². The van der Waals surface area contributed by atoms with Crippen LogP contribution in [-0.2, 0) is 10.0 Å². The summed E-state index contributed by atoms with van der Waals surface area (Å²) < 4.78 is 46.8. The summed E-state index contributed by atoms with van der Waals surface area (Å²) >= 11 is 5.40. The van der Waals surface area contributed by atoms with E-state index in [-0.39, 0.29) is 0 Å². The maximum Gasteiger partial charge on any atom is 0.265 e. The number of primary sulfonamides is 1. The van der Waals surface area contributed by atoms with Crippen molar-refractivity contribution in [3.05, 3.63) is 22.3 Å². The molecule has 1 aromatic rings. The fourth-order valence-electron chi connectivity index (χ4n) is 0.938. The number of hydrogen-bond donors (Lipinski definition) is 1. The van der Waals surface area contributed by atoms with Gasteiger partial charge in [0.2, 0.25) is 0 Å². The zero-order valence-electron chi connectivity index (χ0n) is 7.49. The number of hydrogen-bond acceptors (Lipinski definition) is 4. The molecular formula is C7H4ClF2N3O2S. The first-order valence-electron chi connectivity index (χ1n) is 3.69. The first kappa shape index (κ1) is 12.8. The summed E-state index contributed by atoms with van der Waals surface area (Å²) in [6.07, 6.45) is -3.05. The van der Waals surface area contributed by atoms with Gasteiger partial charge in [-0.1, -0.05) is 11.6 Å². The SMILES string of the molecule is N#Cc1c(C(F)F)cc(S(N)(=O)=O)nc1Cl. The molecule has 0 aliphatic rings. The summed E-state index contributed by atoms with van der Waals surface area (Å²) in [5.41, 5.74) is -1.38. The van der Waals surface area contributed by atoms with Crippen molar-refractivity contribution in [1.29, 1.82) is 5.26 Å². The Morgan fingerprint density at radius 3 is 2.50 bits per heavy atom. The molecule has 0 aliphatic carbocycles. The molecular weight excluding hydrogens is 264 g/mol. The maximum atomic E-state index is 12.5. The van der Waals surface area contributed by atoms with Crippen LogP contribution < -0.4 is 5.14 Å². The van der Waals surface area contributed by atoms with E-state index < -0.39 is 37.8 Å². The second kappa shape index (κ2) is 4.29. The number of rotatable bonds is 2. The lowest BCUT2D eigenvalue weighted by atomic mass is 10.1. The van der Waals surface area contributed by atoms with Crippen LogP contribution in [0.3, 0.4) is 0 Å². The van der Waals surface area contributed by atoms with Gasteiger partial charge in [0.25, 0.3) is 16.4 Å². The number of halogens is 3. The molecule has 0 bridgehead atoms. The minimum absolute atomic E-state index is 0.532. The lowest BCUT2D eigenvalue weighted by Crippen LogP contribution is -2.15. The first-order valence-corrected chi connectivity index (χ1v) is 5.61. The molecule has 1 aromatic heterocycles. The Balaban J connectivity index is 3.61. The third-order valence-electron chi connectivity index (χ3n) is 1.62. The van der Waals surface area contributed by atoms with Gasteiger partial charge in [-0.25, -0.2) is 27.3 Å². The Bertz CT molecular complexity index is 568. The normalized spacial score (nSPS) is 11.5. The second-order valence-corrected chi connectivity index (χ2v) is 4.54. The van der Waals surface area contributed by atoms with E-state index in [0.29, 0.717) is 6.07 Å². The summed E-state index contributed by atoms with van der Waals surface area (Å²) in [6.45, 7) is 0. The van der Waals surface area contributed by atoms with Gasteiger partial charge in [0.05, 0.1) is 5.56 Å². The average molecular weight is 268 g/mol.